The van der Waals surface area contributed by atoms with Crippen molar-refractivity contribution in [1.82, 2.24) is 5.32 Å². The average molecular weight is 249 g/mol. The topological polar surface area (TPSA) is 75.6 Å². The van der Waals surface area contributed by atoms with Crippen molar-refractivity contribution in [1.29, 1.82) is 0 Å². The minimum absolute atomic E-state index is 0.00949. The van der Waals surface area contributed by atoms with Gasteiger partial charge in [-0.25, -0.2) is 4.79 Å². The molecular weight excluding hydrogens is 234 g/mol. The highest BCUT2D eigenvalue weighted by atomic mass is 16.4. The van der Waals surface area contributed by atoms with E-state index in [1.807, 2.05) is 26.0 Å². The second-order valence-electron chi connectivity index (χ2n) is 4.13. The predicted molar refractivity (Wildman–Crippen MR) is 64.4 cm³/mol. The number of carboxylic acid groups (broad SMARTS) is 1. The SMILES string of the molecule is Cc1ccc(C(C)NCc2ccoc2C(=O)O)o1. The summed E-state index contributed by atoms with van der Waals surface area (Å²) in [6.07, 6.45) is 1.38. The molecule has 0 bridgehead atoms. The lowest BCUT2D eigenvalue weighted by atomic mass is 10.2. The fourth-order valence-electron chi connectivity index (χ4n) is 1.71. The Kier molecular flexibility index (Phi) is 3.53. The Morgan fingerprint density at radius 3 is 2.83 bits per heavy atom. The summed E-state index contributed by atoms with van der Waals surface area (Å²) in [5.41, 5.74) is 0.623. The smallest absolute Gasteiger partial charge is 0.372 e. The number of carbonyl (C=O) groups is 1. The molecular formula is C13H15NO4. The highest BCUT2D eigenvalue weighted by Crippen LogP contribution is 2.17. The zero-order valence-electron chi connectivity index (χ0n) is 10.3. The lowest BCUT2D eigenvalue weighted by molar-refractivity contribution is 0.0660. The fourth-order valence-corrected chi connectivity index (χ4v) is 1.71. The first-order valence-corrected chi connectivity index (χ1v) is 5.67. The van der Waals surface area contributed by atoms with Crippen LogP contribution in [0, 0.1) is 6.92 Å². The minimum Gasteiger partial charge on any atom is -0.475 e. The normalized spacial score (nSPS) is 12.6. The van der Waals surface area contributed by atoms with Crippen LogP contribution in [0.5, 0.6) is 0 Å². The van der Waals surface area contributed by atoms with Crippen LogP contribution in [-0.2, 0) is 6.54 Å². The number of furan rings is 2. The van der Waals surface area contributed by atoms with Crippen LogP contribution in [0.3, 0.4) is 0 Å². The maximum absolute atomic E-state index is 10.9. The number of nitrogens with one attached hydrogen (secondary N) is 1. The highest BCUT2D eigenvalue weighted by molar-refractivity contribution is 5.86. The Balaban J connectivity index is 1.99. The van der Waals surface area contributed by atoms with Crippen LogP contribution in [0.2, 0.25) is 0 Å². The van der Waals surface area contributed by atoms with E-state index in [0.717, 1.165) is 11.5 Å². The number of hydrogen-bond acceptors (Lipinski definition) is 4. The molecule has 2 N–H and O–H groups in total. The molecule has 0 saturated heterocycles. The van der Waals surface area contributed by atoms with Crippen molar-refractivity contribution in [2.75, 3.05) is 0 Å². The van der Waals surface area contributed by atoms with Gasteiger partial charge < -0.3 is 19.3 Å². The molecule has 5 heteroatoms. The van der Waals surface area contributed by atoms with E-state index in [0.29, 0.717) is 12.1 Å². The summed E-state index contributed by atoms with van der Waals surface area (Å²) in [5, 5.41) is 12.1. The van der Waals surface area contributed by atoms with Gasteiger partial charge in [0, 0.05) is 12.1 Å². The molecule has 0 spiro atoms. The van der Waals surface area contributed by atoms with E-state index in [1.54, 1.807) is 6.07 Å². The maximum atomic E-state index is 10.9. The molecule has 2 rings (SSSR count). The van der Waals surface area contributed by atoms with Gasteiger partial charge in [-0.1, -0.05) is 0 Å². The fraction of sp³-hybridized carbons (Fsp3) is 0.308. The number of aromatic carboxylic acids is 1. The molecule has 0 saturated carbocycles. The predicted octanol–water partition coefficient (Wildman–Crippen LogP) is 2.73. The molecule has 1 unspecified atom stereocenters. The Hall–Kier alpha value is -2.01. The molecule has 5 nitrogen and oxygen atoms in total. The molecule has 0 aliphatic carbocycles. The van der Waals surface area contributed by atoms with Crippen molar-refractivity contribution in [3.05, 3.63) is 47.3 Å². The van der Waals surface area contributed by atoms with Crippen LogP contribution in [0.4, 0.5) is 0 Å². The Bertz CT molecular complexity index is 541. The number of carboxylic acids is 1. The molecule has 0 radical (unpaired) electrons. The third-order valence-electron chi connectivity index (χ3n) is 2.73. The second-order valence-corrected chi connectivity index (χ2v) is 4.13. The first kappa shape index (κ1) is 12.4. The van der Waals surface area contributed by atoms with Gasteiger partial charge in [0.15, 0.2) is 0 Å². The van der Waals surface area contributed by atoms with E-state index in [9.17, 15) is 4.79 Å². The van der Waals surface area contributed by atoms with E-state index in [2.05, 4.69) is 5.32 Å². The highest BCUT2D eigenvalue weighted by Gasteiger charge is 2.15. The van der Waals surface area contributed by atoms with Crippen molar-refractivity contribution in [2.24, 2.45) is 0 Å². The molecule has 18 heavy (non-hydrogen) atoms. The number of aryl methyl sites for hydroxylation is 1. The van der Waals surface area contributed by atoms with Gasteiger partial charge >= 0.3 is 5.97 Å². The minimum atomic E-state index is -1.06. The van der Waals surface area contributed by atoms with Gasteiger partial charge in [-0.05, 0) is 32.0 Å². The molecule has 2 aromatic heterocycles. The van der Waals surface area contributed by atoms with E-state index < -0.39 is 5.97 Å². The lowest BCUT2D eigenvalue weighted by Crippen LogP contribution is -2.18. The van der Waals surface area contributed by atoms with Gasteiger partial charge in [-0.3, -0.25) is 0 Å². The Morgan fingerprint density at radius 1 is 1.44 bits per heavy atom. The monoisotopic (exact) mass is 249 g/mol. The van der Waals surface area contributed by atoms with E-state index in [1.165, 1.54) is 6.26 Å². The Morgan fingerprint density at radius 2 is 2.22 bits per heavy atom. The van der Waals surface area contributed by atoms with Gasteiger partial charge in [0.2, 0.25) is 5.76 Å². The lowest BCUT2D eigenvalue weighted by Gasteiger charge is -2.10. The van der Waals surface area contributed by atoms with Crippen LogP contribution < -0.4 is 5.32 Å². The molecule has 0 fully saturated rings. The summed E-state index contributed by atoms with van der Waals surface area (Å²) in [5.74, 6) is 0.602. The van der Waals surface area contributed by atoms with Crippen LogP contribution in [-0.4, -0.2) is 11.1 Å². The summed E-state index contributed by atoms with van der Waals surface area (Å²) >= 11 is 0. The quantitative estimate of drug-likeness (QED) is 0.852. The summed E-state index contributed by atoms with van der Waals surface area (Å²) in [4.78, 5) is 10.9. The van der Waals surface area contributed by atoms with Crippen LogP contribution in [0.1, 0.15) is 40.6 Å². The average Bonchev–Trinajstić information content (AvgIpc) is 2.94. The van der Waals surface area contributed by atoms with E-state index in [4.69, 9.17) is 13.9 Å². The van der Waals surface area contributed by atoms with Gasteiger partial charge in [-0.15, -0.1) is 0 Å². The van der Waals surface area contributed by atoms with Crippen molar-refractivity contribution in [2.45, 2.75) is 26.4 Å². The zero-order valence-corrected chi connectivity index (χ0v) is 10.3. The third kappa shape index (κ3) is 2.62. The molecule has 96 valence electrons. The molecule has 2 aromatic rings. The molecule has 0 aliphatic rings. The van der Waals surface area contributed by atoms with Crippen LogP contribution in [0.25, 0.3) is 0 Å². The summed E-state index contributed by atoms with van der Waals surface area (Å²) in [6, 6.07) is 5.46. The molecule has 2 heterocycles. The zero-order chi connectivity index (χ0) is 13.1. The summed E-state index contributed by atoms with van der Waals surface area (Å²) in [7, 11) is 0. The molecule has 0 amide bonds. The van der Waals surface area contributed by atoms with Crippen molar-refractivity contribution in [3.8, 4) is 0 Å². The van der Waals surface area contributed by atoms with Crippen LogP contribution >= 0.6 is 0 Å². The van der Waals surface area contributed by atoms with E-state index >= 15 is 0 Å². The van der Waals surface area contributed by atoms with E-state index in [-0.39, 0.29) is 11.8 Å². The largest absolute Gasteiger partial charge is 0.475 e. The number of rotatable bonds is 5. The first-order valence-electron chi connectivity index (χ1n) is 5.67. The first-order chi connectivity index (χ1) is 8.58. The molecule has 0 aliphatic heterocycles. The summed E-state index contributed by atoms with van der Waals surface area (Å²) in [6.45, 7) is 4.26. The van der Waals surface area contributed by atoms with Gasteiger partial charge in [0.05, 0.1) is 12.3 Å². The maximum Gasteiger partial charge on any atom is 0.372 e. The van der Waals surface area contributed by atoms with Crippen molar-refractivity contribution < 1.29 is 18.7 Å². The van der Waals surface area contributed by atoms with Crippen LogP contribution in [0.15, 0.2) is 33.3 Å². The van der Waals surface area contributed by atoms with Crippen molar-refractivity contribution in [3.63, 3.8) is 0 Å². The Labute approximate surface area is 104 Å². The van der Waals surface area contributed by atoms with Gasteiger partial charge in [0.25, 0.3) is 0 Å². The summed E-state index contributed by atoms with van der Waals surface area (Å²) < 4.78 is 10.4. The second kappa shape index (κ2) is 5.10. The standard InChI is InChI=1S/C13H15NO4/c1-8-3-4-11(18-8)9(2)14-7-10-5-6-17-12(10)13(15)16/h3-6,9,14H,7H2,1-2H3,(H,15,16). The molecule has 1 atom stereocenters. The number of hydrogen-bond donors (Lipinski definition) is 2. The van der Waals surface area contributed by atoms with Crippen molar-refractivity contribution >= 4 is 5.97 Å². The third-order valence-corrected chi connectivity index (χ3v) is 2.73. The molecule has 0 aromatic carbocycles. The van der Waals surface area contributed by atoms with Gasteiger partial charge in [-0.2, -0.15) is 0 Å². The van der Waals surface area contributed by atoms with Gasteiger partial charge in [0.1, 0.15) is 11.5 Å².